The molecule has 4 aromatic rings. The van der Waals surface area contributed by atoms with E-state index in [1.54, 1.807) is 0 Å². The van der Waals surface area contributed by atoms with E-state index in [1.807, 2.05) is 60.7 Å². The molecule has 0 fully saturated rings. The number of hydrogen-bond acceptors (Lipinski definition) is 2. The topological polar surface area (TPSA) is 24.7 Å². The fourth-order valence-electron chi connectivity index (χ4n) is 3.40. The second kappa shape index (κ2) is 10.1. The van der Waals surface area contributed by atoms with E-state index in [2.05, 4.69) is 72.4 Å². The maximum absolute atomic E-state index is 4.93. The first-order chi connectivity index (χ1) is 15.3. The highest BCUT2D eigenvalue weighted by Crippen LogP contribution is 2.22. The van der Waals surface area contributed by atoms with Gasteiger partial charge in [-0.3, -0.25) is 9.98 Å². The molecule has 0 saturated heterocycles. The number of nitrogens with zero attached hydrogens (tertiary/aromatic N) is 2. The van der Waals surface area contributed by atoms with E-state index in [9.17, 15) is 0 Å². The van der Waals surface area contributed by atoms with E-state index in [1.165, 1.54) is 16.7 Å². The summed E-state index contributed by atoms with van der Waals surface area (Å²) < 4.78 is 0. The first kappa shape index (κ1) is 20.2. The molecule has 0 aliphatic carbocycles. The molecule has 0 atom stereocenters. The van der Waals surface area contributed by atoms with Gasteiger partial charge in [0.15, 0.2) is 0 Å². The molecule has 4 rings (SSSR count). The van der Waals surface area contributed by atoms with Gasteiger partial charge in [0.25, 0.3) is 0 Å². The van der Waals surface area contributed by atoms with Crippen LogP contribution in [-0.2, 0) is 6.54 Å². The fourth-order valence-corrected chi connectivity index (χ4v) is 3.40. The average Bonchev–Trinajstić information content (AvgIpc) is 2.86. The van der Waals surface area contributed by atoms with Crippen LogP contribution in [0.15, 0.2) is 131 Å². The summed E-state index contributed by atoms with van der Waals surface area (Å²) in [6.07, 6.45) is 2.02. The van der Waals surface area contributed by atoms with Crippen molar-refractivity contribution < 1.29 is 0 Å². The SMILES string of the molecule is C=N/C(=C\C(=NCc1ccccc1)c1ccc(-c2ccccc2)cc1)c1ccccc1. The number of hydrogen-bond donors (Lipinski definition) is 0. The van der Waals surface area contributed by atoms with Crippen LogP contribution in [-0.4, -0.2) is 12.4 Å². The minimum Gasteiger partial charge on any atom is -0.280 e. The van der Waals surface area contributed by atoms with E-state index in [0.29, 0.717) is 6.54 Å². The van der Waals surface area contributed by atoms with Crippen LogP contribution < -0.4 is 0 Å². The van der Waals surface area contributed by atoms with Crippen LogP contribution in [0, 0.1) is 0 Å². The lowest BCUT2D eigenvalue weighted by Gasteiger charge is -2.08. The van der Waals surface area contributed by atoms with Crippen molar-refractivity contribution in [1.82, 2.24) is 0 Å². The van der Waals surface area contributed by atoms with Gasteiger partial charge in [0.2, 0.25) is 0 Å². The van der Waals surface area contributed by atoms with Crippen molar-refractivity contribution in [3.8, 4) is 11.1 Å². The lowest BCUT2D eigenvalue weighted by molar-refractivity contribution is 1.07. The first-order valence-electron chi connectivity index (χ1n) is 10.3. The molecule has 0 bridgehead atoms. The van der Waals surface area contributed by atoms with Gasteiger partial charge < -0.3 is 0 Å². The van der Waals surface area contributed by atoms with E-state index in [4.69, 9.17) is 4.99 Å². The summed E-state index contributed by atoms with van der Waals surface area (Å²) in [6, 6.07) is 39.3. The summed E-state index contributed by atoms with van der Waals surface area (Å²) in [7, 11) is 0. The second-order valence-electron chi connectivity index (χ2n) is 7.18. The third-order valence-electron chi connectivity index (χ3n) is 5.08. The number of rotatable bonds is 7. The summed E-state index contributed by atoms with van der Waals surface area (Å²) in [6.45, 7) is 4.39. The molecule has 0 saturated carbocycles. The van der Waals surface area contributed by atoms with Gasteiger partial charge in [0.1, 0.15) is 0 Å². The second-order valence-corrected chi connectivity index (χ2v) is 7.18. The quantitative estimate of drug-likeness (QED) is 0.296. The van der Waals surface area contributed by atoms with E-state index >= 15 is 0 Å². The standard InChI is InChI=1S/C29H24N2/c1-30-28(26-15-9-4-10-16-26)21-29(31-22-23-11-5-2-6-12-23)27-19-17-25(18-20-27)24-13-7-3-8-14-24/h2-21H,1,22H2/b28-21-,31-29?. The molecule has 31 heavy (non-hydrogen) atoms. The summed E-state index contributed by atoms with van der Waals surface area (Å²) in [5, 5.41) is 0. The van der Waals surface area contributed by atoms with Crippen LogP contribution in [0.1, 0.15) is 16.7 Å². The molecule has 0 N–H and O–H groups in total. The number of allylic oxidation sites excluding steroid dienone is 1. The highest BCUT2D eigenvalue weighted by molar-refractivity contribution is 6.12. The van der Waals surface area contributed by atoms with E-state index in [-0.39, 0.29) is 0 Å². The molecule has 4 aromatic carbocycles. The van der Waals surface area contributed by atoms with Crippen molar-refractivity contribution in [3.05, 3.63) is 138 Å². The predicted molar refractivity (Wildman–Crippen MR) is 133 cm³/mol. The minimum atomic E-state index is 0.603. The zero-order chi connectivity index (χ0) is 21.3. The molecule has 2 nitrogen and oxygen atoms in total. The largest absolute Gasteiger partial charge is 0.280 e. The smallest absolute Gasteiger partial charge is 0.0716 e. The molecule has 0 aromatic heterocycles. The van der Waals surface area contributed by atoms with Crippen molar-refractivity contribution >= 4 is 18.1 Å². The van der Waals surface area contributed by atoms with Gasteiger partial charge in [-0.25, -0.2) is 0 Å². The lowest BCUT2D eigenvalue weighted by atomic mass is 10.0. The maximum Gasteiger partial charge on any atom is 0.0716 e. The summed E-state index contributed by atoms with van der Waals surface area (Å²) in [5.74, 6) is 0. The lowest BCUT2D eigenvalue weighted by Crippen LogP contribution is -2.00. The van der Waals surface area contributed by atoms with Crippen LogP contribution in [0.4, 0.5) is 0 Å². The predicted octanol–water partition coefficient (Wildman–Crippen LogP) is 7.08. The zero-order valence-electron chi connectivity index (χ0n) is 17.4. The molecular formula is C29H24N2. The Bertz CT molecular complexity index is 1170. The third-order valence-corrected chi connectivity index (χ3v) is 5.08. The van der Waals surface area contributed by atoms with Gasteiger partial charge in [-0.15, -0.1) is 0 Å². The van der Waals surface area contributed by atoms with Gasteiger partial charge >= 0.3 is 0 Å². The molecule has 0 radical (unpaired) electrons. The van der Waals surface area contributed by atoms with Crippen molar-refractivity contribution in [2.24, 2.45) is 9.98 Å². The van der Waals surface area contributed by atoms with Gasteiger partial charge in [0, 0.05) is 5.56 Å². The molecule has 0 spiro atoms. The molecule has 0 amide bonds. The van der Waals surface area contributed by atoms with Crippen LogP contribution in [0.5, 0.6) is 0 Å². The Morgan fingerprint density at radius 2 is 1.16 bits per heavy atom. The monoisotopic (exact) mass is 400 g/mol. The minimum absolute atomic E-state index is 0.603. The Morgan fingerprint density at radius 3 is 1.77 bits per heavy atom. The van der Waals surface area contributed by atoms with Crippen LogP contribution in [0.25, 0.3) is 16.8 Å². The Kier molecular flexibility index (Phi) is 6.61. The Morgan fingerprint density at radius 1 is 0.613 bits per heavy atom. The highest BCUT2D eigenvalue weighted by atomic mass is 14.8. The Labute approximate surface area is 184 Å². The van der Waals surface area contributed by atoms with Crippen molar-refractivity contribution in [2.75, 3.05) is 0 Å². The van der Waals surface area contributed by atoms with E-state index in [0.717, 1.165) is 22.5 Å². The summed E-state index contributed by atoms with van der Waals surface area (Å²) in [4.78, 5) is 9.21. The number of benzene rings is 4. The molecule has 2 heteroatoms. The Hall–Kier alpha value is -4.04. The molecular weight excluding hydrogens is 376 g/mol. The molecule has 0 aliphatic rings. The van der Waals surface area contributed by atoms with E-state index < -0.39 is 0 Å². The highest BCUT2D eigenvalue weighted by Gasteiger charge is 2.06. The Balaban J connectivity index is 1.71. The maximum atomic E-state index is 4.93. The number of aliphatic imine (C=N–C) groups is 2. The van der Waals surface area contributed by atoms with Gasteiger partial charge in [-0.05, 0) is 35.0 Å². The molecule has 150 valence electrons. The molecule has 0 heterocycles. The van der Waals surface area contributed by atoms with Crippen LogP contribution in [0.2, 0.25) is 0 Å². The summed E-state index contributed by atoms with van der Waals surface area (Å²) in [5.41, 5.74) is 7.31. The van der Waals surface area contributed by atoms with Crippen molar-refractivity contribution in [2.45, 2.75) is 6.54 Å². The van der Waals surface area contributed by atoms with Crippen molar-refractivity contribution in [3.63, 3.8) is 0 Å². The zero-order valence-corrected chi connectivity index (χ0v) is 17.4. The molecule has 0 aliphatic heterocycles. The van der Waals surface area contributed by atoms with Crippen LogP contribution in [0.3, 0.4) is 0 Å². The van der Waals surface area contributed by atoms with Crippen LogP contribution >= 0.6 is 0 Å². The van der Waals surface area contributed by atoms with Crippen molar-refractivity contribution in [1.29, 1.82) is 0 Å². The first-order valence-corrected chi connectivity index (χ1v) is 10.3. The van der Waals surface area contributed by atoms with Gasteiger partial charge in [-0.2, -0.15) is 0 Å². The van der Waals surface area contributed by atoms with Gasteiger partial charge in [0.05, 0.1) is 18.0 Å². The third kappa shape index (κ3) is 5.31. The average molecular weight is 401 g/mol. The summed E-state index contributed by atoms with van der Waals surface area (Å²) >= 11 is 0. The normalized spacial score (nSPS) is 11.9. The van der Waals surface area contributed by atoms with Gasteiger partial charge in [-0.1, -0.05) is 115 Å². The fraction of sp³-hybridized carbons (Fsp3) is 0.0345. The molecule has 0 unspecified atom stereocenters.